The predicted octanol–water partition coefficient (Wildman–Crippen LogP) is 3.65. The number of pyridine rings is 1. The van der Waals surface area contributed by atoms with Gasteiger partial charge in [0.2, 0.25) is 0 Å². The van der Waals surface area contributed by atoms with Crippen LogP contribution in [-0.4, -0.2) is 40.3 Å². The van der Waals surface area contributed by atoms with E-state index in [0.29, 0.717) is 46.7 Å². The maximum absolute atomic E-state index is 13.0. The number of thiazole rings is 1. The Morgan fingerprint density at radius 1 is 1.28 bits per heavy atom. The molecule has 9 heteroatoms. The van der Waals surface area contributed by atoms with Crippen molar-refractivity contribution in [1.82, 2.24) is 14.9 Å². The van der Waals surface area contributed by atoms with Gasteiger partial charge in [-0.2, -0.15) is 0 Å². The van der Waals surface area contributed by atoms with Crippen molar-refractivity contribution in [3.8, 4) is 5.75 Å². The van der Waals surface area contributed by atoms with Gasteiger partial charge in [-0.15, -0.1) is 0 Å². The van der Waals surface area contributed by atoms with Crippen molar-refractivity contribution < 1.29 is 14.3 Å². The number of methoxy groups -OCH3 is 1. The van der Waals surface area contributed by atoms with Crippen LogP contribution in [0.2, 0.25) is 5.02 Å². The van der Waals surface area contributed by atoms with Crippen molar-refractivity contribution in [3.63, 3.8) is 0 Å². The molecule has 0 saturated heterocycles. The number of hydrogen-bond donors (Lipinski definition) is 1. The van der Waals surface area contributed by atoms with E-state index >= 15 is 0 Å². The van der Waals surface area contributed by atoms with Gasteiger partial charge in [0.05, 0.1) is 24.9 Å². The van der Waals surface area contributed by atoms with E-state index in [-0.39, 0.29) is 11.8 Å². The summed E-state index contributed by atoms with van der Waals surface area (Å²) in [6.45, 7) is 0.944. The molecule has 0 atom stereocenters. The summed E-state index contributed by atoms with van der Waals surface area (Å²) in [5, 5.41) is 3.76. The first-order valence-corrected chi connectivity index (χ1v) is 10.1. The summed E-state index contributed by atoms with van der Waals surface area (Å²) >= 11 is 7.43. The van der Waals surface area contributed by atoms with Gasteiger partial charge in [-0.1, -0.05) is 29.0 Å². The molecule has 2 amide bonds. The van der Waals surface area contributed by atoms with Crippen LogP contribution in [-0.2, 0) is 13.0 Å². The van der Waals surface area contributed by atoms with Crippen LogP contribution in [0.1, 0.15) is 31.4 Å². The fraction of sp³-hybridized carbons (Fsp3) is 0.200. The first-order chi connectivity index (χ1) is 14.0. The van der Waals surface area contributed by atoms with Gasteiger partial charge in [0.15, 0.2) is 5.13 Å². The maximum atomic E-state index is 13.0. The van der Waals surface area contributed by atoms with E-state index in [9.17, 15) is 9.59 Å². The Morgan fingerprint density at radius 2 is 2.14 bits per heavy atom. The lowest BCUT2D eigenvalue weighted by atomic mass is 10.1. The van der Waals surface area contributed by atoms with Crippen molar-refractivity contribution in [1.29, 1.82) is 0 Å². The molecular formula is C20H17ClN4O3S. The second-order valence-electron chi connectivity index (χ2n) is 6.38. The normalized spacial score (nSPS) is 13.0. The topological polar surface area (TPSA) is 84.4 Å². The Balaban J connectivity index is 1.50. The average molecular weight is 429 g/mol. The van der Waals surface area contributed by atoms with Crippen molar-refractivity contribution in [2.45, 2.75) is 13.0 Å². The van der Waals surface area contributed by atoms with Crippen LogP contribution in [0.4, 0.5) is 5.13 Å². The van der Waals surface area contributed by atoms with Crippen LogP contribution >= 0.6 is 22.9 Å². The quantitative estimate of drug-likeness (QED) is 0.685. The maximum Gasteiger partial charge on any atom is 0.276 e. The fourth-order valence-electron chi connectivity index (χ4n) is 3.10. The molecule has 3 heterocycles. The van der Waals surface area contributed by atoms with Crippen LogP contribution in [0.3, 0.4) is 0 Å². The zero-order chi connectivity index (χ0) is 20.4. The van der Waals surface area contributed by atoms with Crippen LogP contribution in [0, 0.1) is 0 Å². The second-order valence-corrected chi connectivity index (χ2v) is 7.90. The lowest BCUT2D eigenvalue weighted by Gasteiger charge is -2.26. The van der Waals surface area contributed by atoms with Gasteiger partial charge in [0.1, 0.15) is 11.4 Å². The zero-order valence-electron chi connectivity index (χ0n) is 15.5. The average Bonchev–Trinajstić information content (AvgIpc) is 3.15. The number of ether oxygens (including phenoxy) is 1. The summed E-state index contributed by atoms with van der Waals surface area (Å²) in [4.78, 5) is 36.5. The van der Waals surface area contributed by atoms with Crippen LogP contribution in [0.15, 0.2) is 42.6 Å². The second kappa shape index (κ2) is 8.18. The van der Waals surface area contributed by atoms with E-state index in [1.165, 1.54) is 18.4 Å². The van der Waals surface area contributed by atoms with Gasteiger partial charge >= 0.3 is 0 Å². The third kappa shape index (κ3) is 4.08. The van der Waals surface area contributed by atoms with Gasteiger partial charge in [0.25, 0.3) is 11.8 Å². The minimum Gasteiger partial charge on any atom is -0.496 e. The van der Waals surface area contributed by atoms with E-state index in [4.69, 9.17) is 16.3 Å². The molecule has 3 aromatic rings. The van der Waals surface area contributed by atoms with E-state index in [1.807, 2.05) is 0 Å². The molecule has 29 heavy (non-hydrogen) atoms. The summed E-state index contributed by atoms with van der Waals surface area (Å²) in [5.74, 6) is 0.0218. The van der Waals surface area contributed by atoms with Crippen LogP contribution in [0.25, 0.3) is 0 Å². The third-order valence-electron chi connectivity index (χ3n) is 4.53. The summed E-state index contributed by atoms with van der Waals surface area (Å²) in [7, 11) is 1.52. The number of anilines is 1. The highest BCUT2D eigenvalue weighted by molar-refractivity contribution is 7.15. The number of rotatable bonds is 4. The SMILES string of the molecule is COc1ccc(Cl)cc1C(=O)N1CCc2nc(NC(=O)c3ccccn3)sc2C1. The molecule has 0 spiro atoms. The molecule has 1 N–H and O–H groups in total. The molecule has 1 aromatic carbocycles. The number of nitrogens with zero attached hydrogens (tertiary/aromatic N) is 3. The smallest absolute Gasteiger partial charge is 0.276 e. The molecule has 2 aromatic heterocycles. The van der Waals surface area contributed by atoms with Crippen LogP contribution in [0.5, 0.6) is 5.75 Å². The number of fused-ring (bicyclic) bond motifs is 1. The monoisotopic (exact) mass is 428 g/mol. The molecule has 1 aliphatic heterocycles. The molecular weight excluding hydrogens is 412 g/mol. The number of hydrogen-bond acceptors (Lipinski definition) is 6. The molecule has 148 valence electrons. The summed E-state index contributed by atoms with van der Waals surface area (Å²) in [6.07, 6.45) is 2.18. The van der Waals surface area contributed by atoms with Crippen molar-refractivity contribution in [2.75, 3.05) is 19.0 Å². The molecule has 0 radical (unpaired) electrons. The summed E-state index contributed by atoms with van der Waals surface area (Å²) < 4.78 is 5.30. The Morgan fingerprint density at radius 3 is 2.90 bits per heavy atom. The highest BCUT2D eigenvalue weighted by Gasteiger charge is 2.27. The van der Waals surface area contributed by atoms with Crippen molar-refractivity contribution >= 4 is 39.9 Å². The van der Waals surface area contributed by atoms with E-state index in [1.54, 1.807) is 47.5 Å². The zero-order valence-corrected chi connectivity index (χ0v) is 17.1. The lowest BCUT2D eigenvalue weighted by molar-refractivity contribution is 0.0732. The molecule has 0 unspecified atom stereocenters. The Labute approximate surface area is 176 Å². The van der Waals surface area contributed by atoms with Crippen molar-refractivity contribution in [2.24, 2.45) is 0 Å². The lowest BCUT2D eigenvalue weighted by Crippen LogP contribution is -2.35. The van der Waals surface area contributed by atoms with Crippen molar-refractivity contribution in [3.05, 3.63) is 69.4 Å². The number of halogens is 1. The Kier molecular flexibility index (Phi) is 5.46. The molecule has 0 fully saturated rings. The number of carbonyl (C=O) groups is 2. The van der Waals surface area contributed by atoms with E-state index < -0.39 is 0 Å². The number of amides is 2. The number of carbonyl (C=O) groups excluding carboxylic acids is 2. The fourth-order valence-corrected chi connectivity index (χ4v) is 4.29. The van der Waals surface area contributed by atoms with Gasteiger partial charge in [0, 0.05) is 29.1 Å². The number of benzene rings is 1. The molecule has 0 aliphatic carbocycles. The van der Waals surface area contributed by atoms with Gasteiger partial charge in [-0.05, 0) is 30.3 Å². The van der Waals surface area contributed by atoms with E-state index in [0.717, 1.165) is 10.6 Å². The third-order valence-corrected chi connectivity index (χ3v) is 5.76. The molecule has 0 saturated carbocycles. The Bertz CT molecular complexity index is 1070. The van der Waals surface area contributed by atoms with Crippen LogP contribution < -0.4 is 10.1 Å². The first kappa shape index (κ1) is 19.4. The minimum atomic E-state index is -0.312. The Hall–Kier alpha value is -2.97. The van der Waals surface area contributed by atoms with Gasteiger partial charge < -0.3 is 9.64 Å². The molecule has 0 bridgehead atoms. The summed E-state index contributed by atoms with van der Waals surface area (Å²) in [6, 6.07) is 10.1. The minimum absolute atomic E-state index is 0.150. The standard InChI is InChI=1S/C20H17ClN4O3S/c1-28-16-6-5-12(21)10-13(16)19(27)25-9-7-14-17(11-25)29-20(23-14)24-18(26)15-4-2-3-8-22-15/h2-6,8,10H,7,9,11H2,1H3,(H,23,24,26). The number of nitrogens with one attached hydrogen (secondary N) is 1. The van der Waals surface area contributed by atoms with E-state index in [2.05, 4.69) is 15.3 Å². The van der Waals surface area contributed by atoms with Gasteiger partial charge in [-0.3, -0.25) is 19.9 Å². The largest absolute Gasteiger partial charge is 0.496 e. The predicted molar refractivity (Wildman–Crippen MR) is 111 cm³/mol. The molecule has 1 aliphatic rings. The van der Waals surface area contributed by atoms with Gasteiger partial charge in [-0.25, -0.2) is 4.98 Å². The summed E-state index contributed by atoms with van der Waals surface area (Å²) in [5.41, 5.74) is 1.65. The number of aromatic nitrogens is 2. The molecule has 7 nitrogen and oxygen atoms in total. The highest BCUT2D eigenvalue weighted by atomic mass is 35.5. The first-order valence-electron chi connectivity index (χ1n) is 8.89. The molecule has 4 rings (SSSR count). The highest BCUT2D eigenvalue weighted by Crippen LogP contribution is 2.31.